The Labute approximate surface area is 162 Å². The van der Waals surface area contributed by atoms with Crippen LogP contribution in [0.5, 0.6) is 11.5 Å². The molecule has 0 saturated heterocycles. The summed E-state index contributed by atoms with van der Waals surface area (Å²) in [4.78, 5) is 2.33. The van der Waals surface area contributed by atoms with E-state index in [1.165, 1.54) is 18.3 Å². The van der Waals surface area contributed by atoms with Crippen LogP contribution < -0.4 is 14.3 Å². The predicted octanol–water partition coefficient (Wildman–Crippen LogP) is 3.95. The Hall–Kier alpha value is -2.06. The molecule has 0 aliphatic rings. The van der Waals surface area contributed by atoms with E-state index >= 15 is 0 Å². The van der Waals surface area contributed by atoms with Crippen molar-refractivity contribution in [2.45, 2.75) is 25.2 Å². The maximum Gasteiger partial charge on any atom is 0.276 e. The average Bonchev–Trinajstić information content (AvgIpc) is 2.61. The van der Waals surface area contributed by atoms with E-state index in [1.807, 2.05) is 13.8 Å². The number of hydrogen-bond donors (Lipinski definition) is 1. The van der Waals surface area contributed by atoms with E-state index in [-0.39, 0.29) is 4.90 Å². The Balaban J connectivity index is 2.11. The molecule has 2 rings (SSSR count). The molecule has 6 nitrogen and oxygen atoms in total. The molecular formula is C18H21BrN2O4S. The molecule has 0 bridgehead atoms. The van der Waals surface area contributed by atoms with Crippen LogP contribution >= 0.6 is 15.9 Å². The van der Waals surface area contributed by atoms with Crippen LogP contribution in [0, 0.1) is 0 Å². The fourth-order valence-corrected chi connectivity index (χ4v) is 3.10. The summed E-state index contributed by atoms with van der Waals surface area (Å²) in [6.45, 7) is 5.01. The summed E-state index contributed by atoms with van der Waals surface area (Å²) in [7, 11) is -3.71. The number of nitrogens with one attached hydrogen (secondary N) is 1. The molecule has 0 amide bonds. The molecule has 1 N–H and O–H groups in total. The van der Waals surface area contributed by atoms with Gasteiger partial charge in [0.05, 0.1) is 24.3 Å². The summed E-state index contributed by atoms with van der Waals surface area (Å²) in [6, 6.07) is 11.6. The van der Waals surface area contributed by atoms with E-state index in [0.29, 0.717) is 30.3 Å². The van der Waals surface area contributed by atoms with Gasteiger partial charge >= 0.3 is 0 Å². The van der Waals surface area contributed by atoms with Crippen molar-refractivity contribution in [3.05, 3.63) is 52.5 Å². The summed E-state index contributed by atoms with van der Waals surface area (Å²) < 4.78 is 36.4. The van der Waals surface area contributed by atoms with E-state index in [1.54, 1.807) is 30.3 Å². The number of nitrogens with zero attached hydrogens (tertiary/aromatic N) is 1. The first kappa shape index (κ1) is 20.3. The lowest BCUT2D eigenvalue weighted by molar-refractivity contribution is 0.277. The lowest BCUT2D eigenvalue weighted by atomic mass is 10.2. The molecule has 0 aromatic heterocycles. The van der Waals surface area contributed by atoms with Crippen molar-refractivity contribution in [3.8, 4) is 11.5 Å². The molecule has 0 fully saturated rings. The number of hydrazone groups is 1. The second kappa shape index (κ2) is 9.59. The second-order valence-corrected chi connectivity index (χ2v) is 7.87. The van der Waals surface area contributed by atoms with Gasteiger partial charge in [0.2, 0.25) is 0 Å². The lowest BCUT2D eigenvalue weighted by Gasteiger charge is -2.11. The van der Waals surface area contributed by atoms with Crippen molar-refractivity contribution in [1.82, 2.24) is 4.83 Å². The van der Waals surface area contributed by atoms with Crippen LogP contribution in [0.3, 0.4) is 0 Å². The predicted molar refractivity (Wildman–Crippen MR) is 105 cm³/mol. The van der Waals surface area contributed by atoms with Gasteiger partial charge in [-0.1, -0.05) is 22.9 Å². The zero-order valence-electron chi connectivity index (χ0n) is 14.6. The van der Waals surface area contributed by atoms with Crippen molar-refractivity contribution in [3.63, 3.8) is 0 Å². The van der Waals surface area contributed by atoms with E-state index in [4.69, 9.17) is 9.47 Å². The third kappa shape index (κ3) is 5.74. The van der Waals surface area contributed by atoms with Crippen molar-refractivity contribution >= 4 is 32.2 Å². The zero-order chi connectivity index (χ0) is 19.0. The van der Waals surface area contributed by atoms with Gasteiger partial charge in [0.25, 0.3) is 10.0 Å². The van der Waals surface area contributed by atoms with E-state index in [9.17, 15) is 8.42 Å². The van der Waals surface area contributed by atoms with Crippen LogP contribution in [0.4, 0.5) is 0 Å². The smallest absolute Gasteiger partial charge is 0.276 e. The highest BCUT2D eigenvalue weighted by Gasteiger charge is 2.12. The number of hydrogen-bond acceptors (Lipinski definition) is 5. The summed E-state index contributed by atoms with van der Waals surface area (Å²) in [5, 5.41) is 3.83. The highest BCUT2D eigenvalue weighted by molar-refractivity contribution is 9.10. The number of ether oxygens (including phenoxy) is 2. The normalized spacial score (nSPS) is 11.5. The molecule has 2 aromatic carbocycles. The van der Waals surface area contributed by atoms with E-state index in [2.05, 4.69) is 25.9 Å². The quantitative estimate of drug-likeness (QED) is 0.472. The first-order chi connectivity index (χ1) is 12.5. The molecule has 0 spiro atoms. The molecule has 0 aliphatic heterocycles. The molecular weight excluding hydrogens is 420 g/mol. The number of halogens is 1. The van der Waals surface area contributed by atoms with Crippen molar-refractivity contribution in [2.75, 3.05) is 13.2 Å². The van der Waals surface area contributed by atoms with Crippen LogP contribution in [-0.2, 0) is 10.0 Å². The summed E-state index contributed by atoms with van der Waals surface area (Å²) in [5.74, 6) is 1.25. The Bertz CT molecular complexity index is 852. The highest BCUT2D eigenvalue weighted by Crippen LogP contribution is 2.28. The first-order valence-electron chi connectivity index (χ1n) is 8.16. The first-order valence-corrected chi connectivity index (χ1v) is 10.4. The number of rotatable bonds is 9. The minimum atomic E-state index is -3.71. The molecule has 0 saturated carbocycles. The Morgan fingerprint density at radius 3 is 2.46 bits per heavy atom. The largest absolute Gasteiger partial charge is 0.490 e. The minimum absolute atomic E-state index is 0.135. The molecule has 0 unspecified atom stereocenters. The zero-order valence-corrected chi connectivity index (χ0v) is 17.0. The van der Waals surface area contributed by atoms with Crippen LogP contribution in [0.15, 0.2) is 56.9 Å². The molecule has 0 atom stereocenters. The molecule has 140 valence electrons. The Morgan fingerprint density at radius 2 is 1.81 bits per heavy atom. The van der Waals surface area contributed by atoms with Gasteiger partial charge in [0.15, 0.2) is 11.5 Å². The van der Waals surface area contributed by atoms with Gasteiger partial charge < -0.3 is 9.47 Å². The number of benzene rings is 2. The average molecular weight is 441 g/mol. The lowest BCUT2D eigenvalue weighted by Crippen LogP contribution is -2.18. The van der Waals surface area contributed by atoms with Crippen LogP contribution in [-0.4, -0.2) is 27.8 Å². The Morgan fingerprint density at radius 1 is 1.08 bits per heavy atom. The van der Waals surface area contributed by atoms with Gasteiger partial charge in [-0.25, -0.2) is 4.83 Å². The molecule has 0 radical (unpaired) electrons. The summed E-state index contributed by atoms with van der Waals surface area (Å²) >= 11 is 3.27. The van der Waals surface area contributed by atoms with Crippen molar-refractivity contribution in [2.24, 2.45) is 5.10 Å². The third-order valence-electron chi connectivity index (χ3n) is 3.24. The highest BCUT2D eigenvalue weighted by atomic mass is 79.9. The van der Waals surface area contributed by atoms with Crippen LogP contribution in [0.1, 0.15) is 25.8 Å². The Kier molecular flexibility index (Phi) is 7.47. The fourth-order valence-electron chi connectivity index (χ4n) is 2.04. The van der Waals surface area contributed by atoms with Crippen molar-refractivity contribution in [1.29, 1.82) is 0 Å². The van der Waals surface area contributed by atoms with Gasteiger partial charge in [-0.15, -0.1) is 0 Å². The fraction of sp³-hybridized carbons (Fsp3) is 0.278. The minimum Gasteiger partial charge on any atom is -0.490 e. The SMILES string of the molecule is CCCOc1ccc(/C=N/NS(=O)(=O)c2ccc(Br)cc2)cc1OCC. The molecule has 26 heavy (non-hydrogen) atoms. The van der Waals surface area contributed by atoms with Crippen molar-refractivity contribution < 1.29 is 17.9 Å². The topological polar surface area (TPSA) is 77.0 Å². The summed E-state index contributed by atoms with van der Waals surface area (Å²) in [6.07, 6.45) is 2.31. The second-order valence-electron chi connectivity index (χ2n) is 5.29. The molecule has 2 aromatic rings. The van der Waals surface area contributed by atoms with Gasteiger partial charge in [-0.05, 0) is 61.4 Å². The molecule has 8 heteroatoms. The third-order valence-corrected chi connectivity index (χ3v) is 5.01. The number of sulfonamides is 1. The van der Waals surface area contributed by atoms with E-state index in [0.717, 1.165) is 10.9 Å². The van der Waals surface area contributed by atoms with Gasteiger partial charge in [-0.2, -0.15) is 13.5 Å². The summed E-state index contributed by atoms with van der Waals surface area (Å²) in [5.41, 5.74) is 0.691. The van der Waals surface area contributed by atoms with Gasteiger partial charge in [0, 0.05) is 4.47 Å². The maximum atomic E-state index is 12.2. The molecule has 0 aliphatic carbocycles. The van der Waals surface area contributed by atoms with Gasteiger partial charge in [-0.3, -0.25) is 0 Å². The maximum absolute atomic E-state index is 12.2. The monoisotopic (exact) mass is 440 g/mol. The van der Waals surface area contributed by atoms with Crippen LogP contribution in [0.2, 0.25) is 0 Å². The van der Waals surface area contributed by atoms with Gasteiger partial charge in [0.1, 0.15) is 0 Å². The standard InChI is InChI=1S/C18H21BrN2O4S/c1-3-11-25-17-10-5-14(12-18(17)24-4-2)13-20-21-26(22,23)16-8-6-15(19)7-9-16/h5-10,12-13,21H,3-4,11H2,1-2H3/b20-13+. The van der Waals surface area contributed by atoms with E-state index < -0.39 is 10.0 Å². The molecule has 0 heterocycles. The van der Waals surface area contributed by atoms with Crippen LogP contribution in [0.25, 0.3) is 0 Å².